The number of hydrogen-bond acceptors (Lipinski definition) is 4. The maximum absolute atomic E-state index is 10.9. The second-order valence-corrected chi connectivity index (χ2v) is 5.62. The zero-order valence-corrected chi connectivity index (χ0v) is 14.4. The van der Waals surface area contributed by atoms with Crippen molar-refractivity contribution in [3.63, 3.8) is 0 Å². The van der Waals surface area contributed by atoms with Crippen LogP contribution in [0.25, 0.3) is 11.6 Å². The molecule has 2 aromatic rings. The minimum absolute atomic E-state index is 0.319. The summed E-state index contributed by atoms with van der Waals surface area (Å²) < 4.78 is 10.6. The number of carboxylic acids is 1. The minimum atomic E-state index is -1.07. The van der Waals surface area contributed by atoms with Crippen molar-refractivity contribution < 1.29 is 19.4 Å². The number of methoxy groups -OCH3 is 1. The fraction of sp³-hybridized carbons (Fsp3) is 0.158. The van der Waals surface area contributed by atoms with Crippen LogP contribution in [0.5, 0.6) is 11.5 Å². The molecular formula is C19H16ClNO4. The molecule has 25 heavy (non-hydrogen) atoms. The number of carboxylic acid groups (broad SMARTS) is 1. The molecule has 0 bridgehead atoms. The van der Waals surface area contributed by atoms with Gasteiger partial charge in [-0.15, -0.1) is 0 Å². The Labute approximate surface area is 150 Å². The molecule has 0 saturated carbocycles. The molecule has 1 N–H and O–H groups in total. The van der Waals surface area contributed by atoms with Crippen LogP contribution in [0.1, 0.15) is 18.1 Å². The normalized spacial score (nSPS) is 12.2. The number of hydrogen-bond donors (Lipinski definition) is 1. The van der Waals surface area contributed by atoms with Crippen molar-refractivity contribution in [3.05, 3.63) is 58.6 Å². The fourth-order valence-corrected chi connectivity index (χ4v) is 2.21. The monoisotopic (exact) mass is 357 g/mol. The molecule has 0 unspecified atom stereocenters. The topological polar surface area (TPSA) is 79.5 Å². The molecule has 5 nitrogen and oxygen atoms in total. The molecule has 0 spiro atoms. The lowest BCUT2D eigenvalue weighted by Crippen LogP contribution is -2.23. The van der Waals surface area contributed by atoms with Gasteiger partial charge in [0.15, 0.2) is 17.6 Å². The van der Waals surface area contributed by atoms with Gasteiger partial charge in [-0.1, -0.05) is 29.8 Å². The summed E-state index contributed by atoms with van der Waals surface area (Å²) in [5.74, 6) is -0.365. The number of halogens is 1. The van der Waals surface area contributed by atoms with E-state index in [0.717, 1.165) is 11.1 Å². The van der Waals surface area contributed by atoms with Crippen LogP contribution in [0.3, 0.4) is 0 Å². The Balaban J connectivity index is 2.34. The van der Waals surface area contributed by atoms with E-state index in [2.05, 4.69) is 6.07 Å². The standard InChI is InChI=1S/C19H16ClNO4/c1-12(19(22)23)25-17-8-3-13(10-18(17)24-2)9-15(11-21)14-4-6-16(20)7-5-14/h3-10,12H,1-2H3,(H,22,23)/b15-9-/t12-/m0/s1. The molecule has 0 heterocycles. The van der Waals surface area contributed by atoms with Gasteiger partial charge in [0.2, 0.25) is 0 Å². The van der Waals surface area contributed by atoms with Gasteiger partial charge in [0.1, 0.15) is 0 Å². The molecule has 0 aromatic heterocycles. The quantitative estimate of drug-likeness (QED) is 0.617. The van der Waals surface area contributed by atoms with E-state index in [1.807, 2.05) is 0 Å². The van der Waals surface area contributed by atoms with Crippen molar-refractivity contribution in [2.75, 3.05) is 7.11 Å². The third-order valence-corrected chi connectivity index (χ3v) is 3.68. The van der Waals surface area contributed by atoms with Crippen molar-refractivity contribution >= 4 is 29.2 Å². The van der Waals surface area contributed by atoms with Gasteiger partial charge in [-0.2, -0.15) is 5.26 Å². The van der Waals surface area contributed by atoms with E-state index in [-0.39, 0.29) is 0 Å². The smallest absolute Gasteiger partial charge is 0.344 e. The van der Waals surface area contributed by atoms with Crippen LogP contribution in [0.2, 0.25) is 5.02 Å². The number of aliphatic carboxylic acids is 1. The number of allylic oxidation sites excluding steroid dienone is 1. The van der Waals surface area contributed by atoms with Gasteiger partial charge in [0.25, 0.3) is 0 Å². The van der Waals surface area contributed by atoms with Crippen molar-refractivity contribution in [3.8, 4) is 17.6 Å². The molecule has 0 amide bonds. The van der Waals surface area contributed by atoms with Gasteiger partial charge >= 0.3 is 5.97 Å². The molecule has 0 aliphatic heterocycles. The van der Waals surface area contributed by atoms with Gasteiger partial charge in [0, 0.05) is 5.02 Å². The molecule has 2 aromatic carbocycles. The summed E-state index contributed by atoms with van der Waals surface area (Å²) in [6.07, 6.45) is 0.704. The van der Waals surface area contributed by atoms with E-state index in [4.69, 9.17) is 26.2 Å². The predicted octanol–water partition coefficient (Wildman–Crippen LogP) is 4.26. The first kappa shape index (κ1) is 18.4. The van der Waals surface area contributed by atoms with Crippen LogP contribution >= 0.6 is 11.6 Å². The molecule has 0 aliphatic carbocycles. The second kappa shape index (κ2) is 8.22. The van der Waals surface area contributed by atoms with E-state index in [1.54, 1.807) is 48.5 Å². The van der Waals surface area contributed by atoms with E-state index >= 15 is 0 Å². The highest BCUT2D eigenvalue weighted by Crippen LogP contribution is 2.30. The average molecular weight is 358 g/mol. The van der Waals surface area contributed by atoms with Gasteiger partial charge in [0.05, 0.1) is 18.8 Å². The zero-order valence-electron chi connectivity index (χ0n) is 13.7. The van der Waals surface area contributed by atoms with Crippen LogP contribution in [-0.2, 0) is 4.79 Å². The third kappa shape index (κ3) is 4.75. The van der Waals surface area contributed by atoms with Crippen molar-refractivity contribution in [2.45, 2.75) is 13.0 Å². The molecule has 128 valence electrons. The number of nitrogens with zero attached hydrogens (tertiary/aromatic N) is 1. The van der Waals surface area contributed by atoms with Gasteiger partial charge in [-0.05, 0) is 48.4 Å². The lowest BCUT2D eigenvalue weighted by Gasteiger charge is -2.14. The molecule has 1 atom stereocenters. The van der Waals surface area contributed by atoms with E-state index < -0.39 is 12.1 Å². The van der Waals surface area contributed by atoms with E-state index in [0.29, 0.717) is 22.1 Å². The van der Waals surface area contributed by atoms with Crippen LogP contribution < -0.4 is 9.47 Å². The maximum atomic E-state index is 10.9. The minimum Gasteiger partial charge on any atom is -0.493 e. The summed E-state index contributed by atoms with van der Waals surface area (Å²) in [4.78, 5) is 10.9. The second-order valence-electron chi connectivity index (χ2n) is 5.19. The Kier molecular flexibility index (Phi) is 6.04. The molecule has 6 heteroatoms. The van der Waals surface area contributed by atoms with Crippen LogP contribution in [0.4, 0.5) is 0 Å². The summed E-state index contributed by atoms with van der Waals surface area (Å²) in [5, 5.41) is 18.9. The van der Waals surface area contributed by atoms with E-state index in [1.165, 1.54) is 14.0 Å². The van der Waals surface area contributed by atoms with Crippen molar-refractivity contribution in [1.29, 1.82) is 5.26 Å². The fourth-order valence-electron chi connectivity index (χ4n) is 2.09. The van der Waals surface area contributed by atoms with Crippen LogP contribution in [-0.4, -0.2) is 24.3 Å². The number of benzene rings is 2. The Bertz CT molecular complexity index is 837. The number of nitriles is 1. The molecule has 0 fully saturated rings. The number of carbonyl (C=O) groups is 1. The highest BCUT2D eigenvalue weighted by atomic mass is 35.5. The van der Waals surface area contributed by atoms with Gasteiger partial charge in [-0.3, -0.25) is 0 Å². The van der Waals surface area contributed by atoms with Crippen LogP contribution in [0, 0.1) is 11.3 Å². The van der Waals surface area contributed by atoms with Crippen molar-refractivity contribution in [2.24, 2.45) is 0 Å². The Morgan fingerprint density at radius 1 is 1.24 bits per heavy atom. The molecule has 2 rings (SSSR count). The largest absolute Gasteiger partial charge is 0.493 e. The maximum Gasteiger partial charge on any atom is 0.344 e. The van der Waals surface area contributed by atoms with Crippen LogP contribution in [0.15, 0.2) is 42.5 Å². The number of rotatable bonds is 6. The Morgan fingerprint density at radius 3 is 2.48 bits per heavy atom. The highest BCUT2D eigenvalue weighted by molar-refractivity contribution is 6.30. The summed E-state index contributed by atoms with van der Waals surface area (Å²) in [6, 6.07) is 14.1. The summed E-state index contributed by atoms with van der Waals surface area (Å²) in [7, 11) is 1.46. The molecule has 0 radical (unpaired) electrons. The SMILES string of the molecule is COc1cc(/C=C(/C#N)c2ccc(Cl)cc2)ccc1O[C@@H](C)C(=O)O. The molecule has 0 aliphatic rings. The lowest BCUT2D eigenvalue weighted by molar-refractivity contribution is -0.144. The first-order chi connectivity index (χ1) is 11.9. The van der Waals surface area contributed by atoms with Gasteiger partial charge in [-0.25, -0.2) is 4.79 Å². The predicted molar refractivity (Wildman–Crippen MR) is 95.7 cm³/mol. The first-order valence-electron chi connectivity index (χ1n) is 7.40. The summed E-state index contributed by atoms with van der Waals surface area (Å²) >= 11 is 5.87. The van der Waals surface area contributed by atoms with Crippen molar-refractivity contribution in [1.82, 2.24) is 0 Å². The van der Waals surface area contributed by atoms with Gasteiger partial charge < -0.3 is 14.6 Å². The van der Waals surface area contributed by atoms with E-state index in [9.17, 15) is 10.1 Å². The first-order valence-corrected chi connectivity index (χ1v) is 7.77. The third-order valence-electron chi connectivity index (χ3n) is 3.43. The Morgan fingerprint density at radius 2 is 1.92 bits per heavy atom. The molecular weight excluding hydrogens is 342 g/mol. The highest BCUT2D eigenvalue weighted by Gasteiger charge is 2.15. The Hall–Kier alpha value is -2.97. The number of ether oxygens (including phenoxy) is 2. The average Bonchev–Trinajstić information content (AvgIpc) is 2.61. The molecule has 0 saturated heterocycles. The lowest BCUT2D eigenvalue weighted by atomic mass is 10.0. The summed E-state index contributed by atoms with van der Waals surface area (Å²) in [5.41, 5.74) is 1.93. The zero-order chi connectivity index (χ0) is 18.4. The summed E-state index contributed by atoms with van der Waals surface area (Å²) in [6.45, 7) is 1.43.